The topological polar surface area (TPSA) is 134 Å². The van der Waals surface area contributed by atoms with Crippen LogP contribution < -0.4 is 10.1 Å². The third kappa shape index (κ3) is 8.49. The second kappa shape index (κ2) is 14.4. The van der Waals surface area contributed by atoms with E-state index >= 15 is 0 Å². The Balaban J connectivity index is 1.67. The van der Waals surface area contributed by atoms with E-state index in [0.717, 1.165) is 0 Å². The summed E-state index contributed by atoms with van der Waals surface area (Å²) in [7, 11) is 0. The maximum Gasteiger partial charge on any atom is 0.338 e. The minimum atomic E-state index is -1.19. The molecule has 0 fully saturated rings. The van der Waals surface area contributed by atoms with Crippen LogP contribution in [0.1, 0.15) is 56.6 Å². The van der Waals surface area contributed by atoms with Crippen molar-refractivity contribution in [1.29, 1.82) is 0 Å². The first-order valence-corrected chi connectivity index (χ1v) is 13.5. The van der Waals surface area contributed by atoms with Gasteiger partial charge in [0.1, 0.15) is 18.4 Å². The van der Waals surface area contributed by atoms with Gasteiger partial charge in [-0.3, -0.25) is 14.9 Å². The van der Waals surface area contributed by atoms with Gasteiger partial charge in [-0.05, 0) is 80.1 Å². The van der Waals surface area contributed by atoms with Crippen molar-refractivity contribution >= 4 is 23.5 Å². The van der Waals surface area contributed by atoms with Crippen LogP contribution in [-0.2, 0) is 9.47 Å². The quantitative estimate of drug-likeness (QED) is 0.123. The zero-order valence-electron chi connectivity index (χ0n) is 23.5. The third-order valence-corrected chi connectivity index (χ3v) is 6.25. The van der Waals surface area contributed by atoms with Crippen molar-refractivity contribution in [2.75, 3.05) is 6.61 Å². The van der Waals surface area contributed by atoms with Gasteiger partial charge in [0.2, 0.25) is 0 Å². The van der Waals surface area contributed by atoms with Gasteiger partial charge < -0.3 is 19.5 Å². The first-order valence-electron chi connectivity index (χ1n) is 13.5. The molecule has 4 aromatic carbocycles. The lowest BCUT2D eigenvalue weighted by Crippen LogP contribution is -2.44. The van der Waals surface area contributed by atoms with Crippen LogP contribution in [0.4, 0.5) is 5.69 Å². The average Bonchev–Trinajstić information content (AvgIpc) is 3.02. The number of rotatable bonds is 12. The second-order valence-electron chi connectivity index (χ2n) is 9.78. The summed E-state index contributed by atoms with van der Waals surface area (Å²) in [6, 6.07) is 27.3. The molecular formula is C33H30N2O8. The van der Waals surface area contributed by atoms with Gasteiger partial charge in [0, 0.05) is 17.7 Å². The molecule has 2 atom stereocenters. The molecule has 43 heavy (non-hydrogen) atoms. The molecule has 0 heterocycles. The molecule has 4 aromatic rings. The summed E-state index contributed by atoms with van der Waals surface area (Å²) < 4.78 is 17.1. The summed E-state index contributed by atoms with van der Waals surface area (Å²) in [6.07, 6.45) is -1.24. The lowest BCUT2D eigenvalue weighted by Gasteiger charge is -2.28. The Bertz CT molecular complexity index is 1540. The van der Waals surface area contributed by atoms with Crippen LogP contribution in [0, 0.1) is 10.1 Å². The molecule has 2 unspecified atom stereocenters. The minimum absolute atomic E-state index is 0.0508. The van der Waals surface area contributed by atoms with Gasteiger partial charge in [-0.15, -0.1) is 0 Å². The van der Waals surface area contributed by atoms with Gasteiger partial charge in [-0.1, -0.05) is 36.4 Å². The number of carbonyl (C=O) groups is 3. The van der Waals surface area contributed by atoms with Gasteiger partial charge in [0.15, 0.2) is 6.10 Å². The summed E-state index contributed by atoms with van der Waals surface area (Å²) in [5.74, 6) is -1.29. The number of hydrogen-bond donors (Lipinski definition) is 1. The number of hydrogen-bond acceptors (Lipinski definition) is 8. The monoisotopic (exact) mass is 582 g/mol. The highest BCUT2D eigenvalue weighted by atomic mass is 16.6. The molecule has 0 radical (unpaired) electrons. The Labute approximate surface area is 248 Å². The minimum Gasteiger partial charge on any atom is -0.491 e. The molecule has 0 saturated carbocycles. The third-order valence-electron chi connectivity index (χ3n) is 6.25. The number of benzene rings is 4. The van der Waals surface area contributed by atoms with Crippen LogP contribution in [0.2, 0.25) is 0 Å². The van der Waals surface area contributed by atoms with Crippen LogP contribution >= 0.6 is 0 Å². The molecule has 0 aliphatic heterocycles. The number of ether oxygens (including phenoxy) is 3. The summed E-state index contributed by atoms with van der Waals surface area (Å²) in [5, 5.41) is 14.1. The SMILES string of the molecule is CC(C)Oc1ccc(C(=O)NC(COC(=O)c2ccccc2)C(OC(=O)c2ccccc2)c2ccc([N+](=O)[O-])cc2)cc1. The van der Waals surface area contributed by atoms with E-state index in [4.69, 9.17) is 14.2 Å². The molecule has 220 valence electrons. The van der Waals surface area contributed by atoms with Crippen LogP contribution in [0.5, 0.6) is 5.75 Å². The smallest absolute Gasteiger partial charge is 0.338 e. The fourth-order valence-electron chi connectivity index (χ4n) is 4.16. The van der Waals surface area contributed by atoms with Crippen LogP contribution in [0.15, 0.2) is 109 Å². The fraction of sp³-hybridized carbons (Fsp3) is 0.182. The highest BCUT2D eigenvalue weighted by Gasteiger charge is 2.31. The maximum absolute atomic E-state index is 13.4. The number of esters is 2. The zero-order valence-corrected chi connectivity index (χ0v) is 23.5. The second-order valence-corrected chi connectivity index (χ2v) is 9.78. The predicted molar refractivity (Wildman–Crippen MR) is 158 cm³/mol. The highest BCUT2D eigenvalue weighted by Crippen LogP contribution is 2.27. The number of nitro groups is 1. The molecule has 0 bridgehead atoms. The van der Waals surface area contributed by atoms with Gasteiger partial charge in [-0.2, -0.15) is 0 Å². The van der Waals surface area contributed by atoms with E-state index in [1.54, 1.807) is 84.9 Å². The first kappa shape index (κ1) is 30.4. The summed E-state index contributed by atoms with van der Waals surface area (Å²) in [4.78, 5) is 50.1. The molecule has 0 aliphatic carbocycles. The van der Waals surface area contributed by atoms with E-state index in [0.29, 0.717) is 16.9 Å². The lowest BCUT2D eigenvalue weighted by molar-refractivity contribution is -0.384. The molecule has 0 saturated heterocycles. The molecule has 1 N–H and O–H groups in total. The molecule has 0 aromatic heterocycles. The van der Waals surface area contributed by atoms with E-state index in [1.807, 2.05) is 13.8 Å². The number of carbonyl (C=O) groups excluding carboxylic acids is 3. The summed E-state index contributed by atoms with van der Waals surface area (Å²) in [5.41, 5.74) is 1.00. The highest BCUT2D eigenvalue weighted by molar-refractivity contribution is 5.95. The zero-order chi connectivity index (χ0) is 30.8. The fourth-order valence-corrected chi connectivity index (χ4v) is 4.16. The number of nitrogens with one attached hydrogen (secondary N) is 1. The van der Waals surface area contributed by atoms with Crippen molar-refractivity contribution < 1.29 is 33.5 Å². The normalized spacial score (nSPS) is 12.1. The molecule has 4 rings (SSSR count). The van der Waals surface area contributed by atoms with Gasteiger partial charge >= 0.3 is 11.9 Å². The van der Waals surface area contributed by atoms with Crippen molar-refractivity contribution in [3.8, 4) is 5.75 Å². The summed E-state index contributed by atoms with van der Waals surface area (Å²) >= 11 is 0. The molecular weight excluding hydrogens is 552 g/mol. The Hall–Kier alpha value is -5.51. The van der Waals surface area contributed by atoms with E-state index in [1.165, 1.54) is 24.3 Å². The Morgan fingerprint density at radius 2 is 1.30 bits per heavy atom. The first-order chi connectivity index (χ1) is 20.7. The van der Waals surface area contributed by atoms with Crippen molar-refractivity contribution in [1.82, 2.24) is 5.32 Å². The number of nitro benzene ring substituents is 1. The van der Waals surface area contributed by atoms with Gasteiger partial charge in [0.25, 0.3) is 11.6 Å². The van der Waals surface area contributed by atoms with Crippen molar-refractivity contribution in [3.63, 3.8) is 0 Å². The van der Waals surface area contributed by atoms with Gasteiger partial charge in [-0.25, -0.2) is 9.59 Å². The van der Waals surface area contributed by atoms with Crippen LogP contribution in [0.3, 0.4) is 0 Å². The van der Waals surface area contributed by atoms with E-state index in [9.17, 15) is 24.5 Å². The van der Waals surface area contributed by atoms with E-state index < -0.39 is 34.9 Å². The van der Waals surface area contributed by atoms with Crippen LogP contribution in [-0.4, -0.2) is 41.5 Å². The van der Waals surface area contributed by atoms with E-state index in [-0.39, 0.29) is 29.5 Å². The largest absolute Gasteiger partial charge is 0.491 e. The summed E-state index contributed by atoms with van der Waals surface area (Å²) in [6.45, 7) is 3.39. The number of amides is 1. The van der Waals surface area contributed by atoms with Gasteiger partial charge in [0.05, 0.1) is 22.2 Å². The molecule has 0 spiro atoms. The van der Waals surface area contributed by atoms with Crippen molar-refractivity contribution in [2.24, 2.45) is 0 Å². The lowest BCUT2D eigenvalue weighted by atomic mass is 10.0. The maximum atomic E-state index is 13.4. The molecule has 1 amide bonds. The Kier molecular flexibility index (Phi) is 10.2. The number of nitrogens with zero attached hydrogens (tertiary/aromatic N) is 1. The predicted octanol–water partition coefficient (Wildman–Crippen LogP) is 5.94. The molecule has 0 aliphatic rings. The Morgan fingerprint density at radius 1 is 0.744 bits per heavy atom. The van der Waals surface area contributed by atoms with Crippen molar-refractivity contribution in [2.45, 2.75) is 32.1 Å². The standard InChI is InChI=1S/C33H30N2O8/c1-22(2)42-28-19-15-24(16-20-28)31(36)34-29(21-41-32(37)25-9-5-3-6-10-25)30(23-13-17-27(18-14-23)35(39)40)43-33(38)26-11-7-4-8-12-26/h3-20,22,29-30H,21H2,1-2H3,(H,34,36). The van der Waals surface area contributed by atoms with Crippen LogP contribution in [0.25, 0.3) is 0 Å². The molecule has 10 nitrogen and oxygen atoms in total. The average molecular weight is 583 g/mol. The Morgan fingerprint density at radius 3 is 1.84 bits per heavy atom. The molecule has 10 heteroatoms. The van der Waals surface area contributed by atoms with Crippen molar-refractivity contribution in [3.05, 3.63) is 142 Å². The number of non-ortho nitro benzene ring substituents is 1. The van der Waals surface area contributed by atoms with E-state index in [2.05, 4.69) is 5.32 Å².